The highest BCUT2D eigenvalue weighted by atomic mass is 28.3. The van der Waals surface area contributed by atoms with E-state index in [0.29, 0.717) is 0 Å². The molecule has 0 rings (SSSR count). The van der Waals surface area contributed by atoms with Crippen LogP contribution in [0.15, 0.2) is 0 Å². The molecule has 0 amide bonds. The maximum absolute atomic E-state index is 8.75. The molecule has 0 saturated heterocycles. The van der Waals surface area contributed by atoms with Crippen molar-refractivity contribution in [1.82, 2.24) is 0 Å². The zero-order valence-electron chi connectivity index (χ0n) is 4.68. The van der Waals surface area contributed by atoms with E-state index in [4.69, 9.17) is 10.5 Å². The molecule has 0 radical (unpaired) electrons. The molecule has 0 aliphatic heterocycles. The summed E-state index contributed by atoms with van der Waals surface area (Å²) < 4.78 is 0. The van der Waals surface area contributed by atoms with Crippen LogP contribution in [0.3, 0.4) is 0 Å². The van der Waals surface area contributed by atoms with Crippen LogP contribution in [0, 0.1) is 5.41 Å². The Kier molecular flexibility index (Phi) is 2.87. The molecule has 0 aliphatic rings. The molecule has 0 aromatic carbocycles. The first-order valence-electron chi connectivity index (χ1n) is 2.37. The SMILES string of the molecule is C[SiH](C)C(O)C=N. The van der Waals surface area contributed by atoms with Crippen LogP contribution in [-0.4, -0.2) is 25.8 Å². The van der Waals surface area contributed by atoms with E-state index in [2.05, 4.69) is 0 Å². The summed E-state index contributed by atoms with van der Waals surface area (Å²) in [5.74, 6) is 0. The van der Waals surface area contributed by atoms with Crippen molar-refractivity contribution in [3.8, 4) is 0 Å². The molecule has 42 valence electrons. The van der Waals surface area contributed by atoms with E-state index in [1.165, 1.54) is 0 Å². The van der Waals surface area contributed by atoms with Gasteiger partial charge in [-0.3, -0.25) is 0 Å². The van der Waals surface area contributed by atoms with Gasteiger partial charge in [0, 0.05) is 6.21 Å². The van der Waals surface area contributed by atoms with Gasteiger partial charge in [-0.25, -0.2) is 0 Å². The molecule has 2 nitrogen and oxygen atoms in total. The van der Waals surface area contributed by atoms with Crippen molar-refractivity contribution in [3.05, 3.63) is 0 Å². The van der Waals surface area contributed by atoms with Crippen LogP contribution in [0.25, 0.3) is 0 Å². The van der Waals surface area contributed by atoms with E-state index in [9.17, 15) is 0 Å². The van der Waals surface area contributed by atoms with E-state index >= 15 is 0 Å². The van der Waals surface area contributed by atoms with E-state index in [1.54, 1.807) is 0 Å². The predicted molar refractivity (Wildman–Crippen MR) is 33.7 cm³/mol. The van der Waals surface area contributed by atoms with Crippen molar-refractivity contribution in [2.45, 2.75) is 18.8 Å². The van der Waals surface area contributed by atoms with Gasteiger partial charge in [0.2, 0.25) is 0 Å². The van der Waals surface area contributed by atoms with Crippen LogP contribution in [0.2, 0.25) is 13.1 Å². The molecule has 1 atom stereocenters. The number of aliphatic hydroxyl groups is 1. The number of nitrogens with one attached hydrogen (secondary N) is 1. The molecule has 0 bridgehead atoms. The van der Waals surface area contributed by atoms with Crippen molar-refractivity contribution in [1.29, 1.82) is 5.41 Å². The molecule has 0 spiro atoms. The largest absolute Gasteiger partial charge is 0.391 e. The quantitative estimate of drug-likeness (QED) is 0.389. The lowest BCUT2D eigenvalue weighted by atomic mass is 10.8. The highest BCUT2D eigenvalue weighted by Gasteiger charge is 2.04. The van der Waals surface area contributed by atoms with Gasteiger partial charge in [-0.1, -0.05) is 13.1 Å². The summed E-state index contributed by atoms with van der Waals surface area (Å²) in [4.78, 5) is 0. The molecular weight excluding hydrogens is 106 g/mol. The smallest absolute Gasteiger partial charge is 0.0745 e. The first-order valence-corrected chi connectivity index (χ1v) is 5.34. The van der Waals surface area contributed by atoms with Crippen LogP contribution < -0.4 is 0 Å². The van der Waals surface area contributed by atoms with Gasteiger partial charge < -0.3 is 10.5 Å². The Bertz CT molecular complexity index is 64.7. The first-order chi connectivity index (χ1) is 3.18. The summed E-state index contributed by atoms with van der Waals surface area (Å²) in [6.45, 7) is 4.02. The molecule has 1 unspecified atom stereocenters. The zero-order valence-corrected chi connectivity index (χ0v) is 5.83. The molecule has 2 N–H and O–H groups in total. The lowest BCUT2D eigenvalue weighted by Crippen LogP contribution is -2.24. The van der Waals surface area contributed by atoms with Crippen LogP contribution in [-0.2, 0) is 0 Å². The van der Waals surface area contributed by atoms with Crippen LogP contribution in [0.5, 0.6) is 0 Å². The van der Waals surface area contributed by atoms with Crippen molar-refractivity contribution in [2.75, 3.05) is 0 Å². The third kappa shape index (κ3) is 2.53. The van der Waals surface area contributed by atoms with Gasteiger partial charge in [-0.15, -0.1) is 0 Å². The minimum Gasteiger partial charge on any atom is -0.391 e. The number of rotatable bonds is 2. The fraction of sp³-hybridized carbons (Fsp3) is 0.750. The molecule has 3 heteroatoms. The second-order valence-electron chi connectivity index (χ2n) is 1.90. The van der Waals surface area contributed by atoms with Crippen molar-refractivity contribution >= 4 is 15.0 Å². The van der Waals surface area contributed by atoms with E-state index < -0.39 is 14.5 Å². The maximum Gasteiger partial charge on any atom is 0.0745 e. The van der Waals surface area contributed by atoms with Gasteiger partial charge in [0.05, 0.1) is 14.5 Å². The van der Waals surface area contributed by atoms with Crippen LogP contribution >= 0.6 is 0 Å². The van der Waals surface area contributed by atoms with E-state index in [-0.39, 0.29) is 0 Å². The van der Waals surface area contributed by atoms with Crippen LogP contribution in [0.1, 0.15) is 0 Å². The molecular formula is C4H11NOSi. The Hall–Kier alpha value is -0.153. The van der Waals surface area contributed by atoms with Gasteiger partial charge in [0.25, 0.3) is 0 Å². The Labute approximate surface area is 45.3 Å². The van der Waals surface area contributed by atoms with Gasteiger partial charge >= 0.3 is 0 Å². The predicted octanol–water partition coefficient (Wildman–Crippen LogP) is 0.0228. The summed E-state index contributed by atoms with van der Waals surface area (Å²) in [6, 6.07) is 0. The minimum absolute atomic E-state index is 0.417. The topological polar surface area (TPSA) is 44.1 Å². The van der Waals surface area contributed by atoms with Gasteiger partial charge in [0.15, 0.2) is 0 Å². The monoisotopic (exact) mass is 117 g/mol. The second kappa shape index (κ2) is 2.93. The van der Waals surface area contributed by atoms with Gasteiger partial charge in [-0.2, -0.15) is 0 Å². The minimum atomic E-state index is -0.952. The van der Waals surface area contributed by atoms with E-state index in [0.717, 1.165) is 6.21 Å². The van der Waals surface area contributed by atoms with Crippen molar-refractivity contribution < 1.29 is 5.11 Å². The van der Waals surface area contributed by atoms with E-state index in [1.807, 2.05) is 13.1 Å². The summed E-state index contributed by atoms with van der Waals surface area (Å²) in [6.07, 6.45) is 1.11. The summed E-state index contributed by atoms with van der Waals surface area (Å²) in [5.41, 5.74) is -0.417. The number of hydrogen-bond donors (Lipinski definition) is 2. The fourth-order valence-corrected chi connectivity index (χ4v) is 0.577. The van der Waals surface area contributed by atoms with Crippen LogP contribution in [0.4, 0.5) is 0 Å². The lowest BCUT2D eigenvalue weighted by Gasteiger charge is -2.03. The van der Waals surface area contributed by atoms with Gasteiger partial charge in [-0.05, 0) is 0 Å². The third-order valence-electron chi connectivity index (χ3n) is 0.854. The second-order valence-corrected chi connectivity index (χ2v) is 5.07. The average Bonchev–Trinajstić information content (AvgIpc) is 1.65. The molecule has 0 aromatic heterocycles. The van der Waals surface area contributed by atoms with Crippen molar-refractivity contribution in [3.63, 3.8) is 0 Å². The Morgan fingerprint density at radius 3 is 2.14 bits per heavy atom. The first kappa shape index (κ1) is 6.85. The summed E-state index contributed by atoms with van der Waals surface area (Å²) >= 11 is 0. The molecule has 0 aromatic rings. The summed E-state index contributed by atoms with van der Waals surface area (Å²) in [7, 11) is -0.952. The molecule has 7 heavy (non-hydrogen) atoms. The fourth-order valence-electron chi connectivity index (χ4n) is 0.192. The molecule has 0 fully saturated rings. The molecule has 0 heterocycles. The lowest BCUT2D eigenvalue weighted by molar-refractivity contribution is 0.316. The highest BCUT2D eigenvalue weighted by Crippen LogP contribution is 1.84. The van der Waals surface area contributed by atoms with Gasteiger partial charge in [0.1, 0.15) is 0 Å². The summed E-state index contributed by atoms with van der Waals surface area (Å²) in [5, 5.41) is 15.4. The zero-order chi connectivity index (χ0) is 5.86. The Balaban J connectivity index is 3.33. The maximum atomic E-state index is 8.75. The molecule has 0 saturated carbocycles. The van der Waals surface area contributed by atoms with Crippen molar-refractivity contribution in [2.24, 2.45) is 0 Å². The molecule has 0 aliphatic carbocycles. The average molecular weight is 117 g/mol. The normalized spacial score (nSPS) is 14.3. The highest BCUT2D eigenvalue weighted by molar-refractivity contribution is 6.60. The third-order valence-corrected chi connectivity index (χ3v) is 2.41. The Morgan fingerprint density at radius 2 is 2.14 bits per heavy atom. The standard InChI is InChI=1S/C4H11NOSi/c1-7(2)4(6)3-5/h3-7H,1-2H3. The number of aliphatic hydroxyl groups excluding tert-OH is 1. The number of hydrogen-bond acceptors (Lipinski definition) is 2. The Morgan fingerprint density at radius 1 is 1.71 bits per heavy atom.